The fraction of sp³-hybridized carbons (Fsp3) is 0.389. The first-order valence-corrected chi connectivity index (χ1v) is 8.45. The lowest BCUT2D eigenvalue weighted by Gasteiger charge is -2.09. The molecule has 1 N–H and O–H groups in total. The van der Waals surface area contributed by atoms with Gasteiger partial charge < -0.3 is 10.1 Å². The summed E-state index contributed by atoms with van der Waals surface area (Å²) in [5.74, 6) is 1.18. The van der Waals surface area contributed by atoms with Gasteiger partial charge in [0.15, 0.2) is 0 Å². The van der Waals surface area contributed by atoms with Crippen molar-refractivity contribution >= 4 is 17.5 Å². The summed E-state index contributed by atoms with van der Waals surface area (Å²) >= 11 is 5.83. The van der Waals surface area contributed by atoms with Gasteiger partial charge in [-0.1, -0.05) is 23.7 Å². The van der Waals surface area contributed by atoms with Gasteiger partial charge in [0.05, 0.1) is 24.5 Å². The number of hydrogen-bond acceptors (Lipinski definition) is 4. The predicted octanol–water partition coefficient (Wildman–Crippen LogP) is 3.26. The SMILES string of the molecule is Cc1nc(C2CC2)ncc1C(=O)NCCOCc1ccc(Cl)cc1. The molecule has 0 radical (unpaired) electrons. The third-order valence-corrected chi connectivity index (χ3v) is 4.15. The molecule has 1 amide bonds. The summed E-state index contributed by atoms with van der Waals surface area (Å²) in [4.78, 5) is 20.9. The lowest BCUT2D eigenvalue weighted by molar-refractivity contribution is 0.0899. The second-order valence-corrected chi connectivity index (χ2v) is 6.37. The largest absolute Gasteiger partial charge is 0.375 e. The molecule has 3 rings (SSSR count). The van der Waals surface area contributed by atoms with E-state index in [4.69, 9.17) is 16.3 Å². The van der Waals surface area contributed by atoms with E-state index in [2.05, 4.69) is 15.3 Å². The number of nitrogens with zero attached hydrogens (tertiary/aromatic N) is 2. The molecule has 1 aliphatic rings. The molecule has 0 atom stereocenters. The maximum Gasteiger partial charge on any atom is 0.254 e. The van der Waals surface area contributed by atoms with E-state index in [1.807, 2.05) is 31.2 Å². The third-order valence-electron chi connectivity index (χ3n) is 3.90. The summed E-state index contributed by atoms with van der Waals surface area (Å²) in [6, 6.07) is 7.50. The molecule has 1 aliphatic carbocycles. The van der Waals surface area contributed by atoms with Crippen LogP contribution in [-0.4, -0.2) is 29.0 Å². The third kappa shape index (κ3) is 4.52. The monoisotopic (exact) mass is 345 g/mol. The molecule has 1 fully saturated rings. The highest BCUT2D eigenvalue weighted by molar-refractivity contribution is 6.30. The van der Waals surface area contributed by atoms with Crippen LogP contribution in [0.4, 0.5) is 0 Å². The van der Waals surface area contributed by atoms with Crippen molar-refractivity contribution in [1.82, 2.24) is 15.3 Å². The van der Waals surface area contributed by atoms with Crippen molar-refractivity contribution in [2.45, 2.75) is 32.3 Å². The van der Waals surface area contributed by atoms with Gasteiger partial charge in [0.2, 0.25) is 0 Å². The van der Waals surface area contributed by atoms with Crippen LogP contribution in [0.1, 0.15) is 46.2 Å². The first-order chi connectivity index (χ1) is 11.6. The zero-order chi connectivity index (χ0) is 16.9. The normalized spacial score (nSPS) is 13.8. The van der Waals surface area contributed by atoms with E-state index in [9.17, 15) is 4.79 Å². The number of aryl methyl sites for hydroxylation is 1. The Morgan fingerprint density at radius 3 is 2.75 bits per heavy atom. The minimum Gasteiger partial charge on any atom is -0.375 e. The molecule has 1 heterocycles. The van der Waals surface area contributed by atoms with Crippen molar-refractivity contribution in [1.29, 1.82) is 0 Å². The van der Waals surface area contributed by atoms with Crippen molar-refractivity contribution in [3.63, 3.8) is 0 Å². The Kier molecular flexibility index (Phi) is 5.43. The van der Waals surface area contributed by atoms with Gasteiger partial charge >= 0.3 is 0 Å². The highest BCUT2D eigenvalue weighted by Gasteiger charge is 2.27. The molecule has 6 heteroatoms. The van der Waals surface area contributed by atoms with Crippen molar-refractivity contribution in [2.75, 3.05) is 13.2 Å². The van der Waals surface area contributed by atoms with Crippen LogP contribution in [0.2, 0.25) is 5.02 Å². The average Bonchev–Trinajstić information content (AvgIpc) is 3.41. The van der Waals surface area contributed by atoms with E-state index in [0.717, 1.165) is 29.9 Å². The maximum absolute atomic E-state index is 12.2. The lowest BCUT2D eigenvalue weighted by atomic mass is 10.2. The molecule has 2 aromatic rings. The van der Waals surface area contributed by atoms with E-state index in [1.165, 1.54) is 0 Å². The minimum atomic E-state index is -0.162. The number of rotatable bonds is 7. The van der Waals surface area contributed by atoms with Gasteiger partial charge in [0.25, 0.3) is 5.91 Å². The Morgan fingerprint density at radius 1 is 1.33 bits per heavy atom. The number of carbonyl (C=O) groups excluding carboxylic acids is 1. The van der Waals surface area contributed by atoms with Crippen LogP contribution in [-0.2, 0) is 11.3 Å². The Labute approximate surface area is 146 Å². The van der Waals surface area contributed by atoms with Crippen molar-refractivity contribution in [2.24, 2.45) is 0 Å². The fourth-order valence-corrected chi connectivity index (χ4v) is 2.47. The average molecular weight is 346 g/mol. The van der Waals surface area contributed by atoms with Gasteiger partial charge in [-0.3, -0.25) is 4.79 Å². The molecule has 24 heavy (non-hydrogen) atoms. The molecule has 0 unspecified atom stereocenters. The zero-order valence-electron chi connectivity index (χ0n) is 13.6. The number of carbonyl (C=O) groups is 1. The minimum absolute atomic E-state index is 0.162. The Morgan fingerprint density at radius 2 is 2.08 bits per heavy atom. The molecule has 0 saturated heterocycles. The molecule has 1 saturated carbocycles. The molecule has 0 aliphatic heterocycles. The van der Waals surface area contributed by atoms with Gasteiger partial charge in [-0.15, -0.1) is 0 Å². The predicted molar refractivity (Wildman–Crippen MR) is 92.2 cm³/mol. The molecule has 1 aromatic heterocycles. The number of halogens is 1. The van der Waals surface area contributed by atoms with Crippen LogP contribution in [0.3, 0.4) is 0 Å². The highest BCUT2D eigenvalue weighted by atomic mass is 35.5. The van der Waals surface area contributed by atoms with Crippen LogP contribution in [0.5, 0.6) is 0 Å². The summed E-state index contributed by atoms with van der Waals surface area (Å²) in [7, 11) is 0. The maximum atomic E-state index is 12.2. The van der Waals surface area contributed by atoms with Crippen LogP contribution >= 0.6 is 11.6 Å². The summed E-state index contributed by atoms with van der Waals surface area (Å²) in [5.41, 5.74) is 2.30. The molecule has 126 valence electrons. The standard InChI is InChI=1S/C18H20ClN3O2/c1-12-16(10-21-17(22-12)14-4-5-14)18(23)20-8-9-24-11-13-2-6-15(19)7-3-13/h2-3,6-7,10,14H,4-5,8-9,11H2,1H3,(H,20,23). The number of hydrogen-bond donors (Lipinski definition) is 1. The summed E-state index contributed by atoms with van der Waals surface area (Å²) < 4.78 is 5.55. The summed E-state index contributed by atoms with van der Waals surface area (Å²) in [6.45, 7) is 3.22. The fourth-order valence-electron chi connectivity index (χ4n) is 2.35. The molecular weight excluding hydrogens is 326 g/mol. The van der Waals surface area contributed by atoms with Gasteiger partial charge in [-0.2, -0.15) is 0 Å². The van der Waals surface area contributed by atoms with Gasteiger partial charge in [-0.25, -0.2) is 9.97 Å². The van der Waals surface area contributed by atoms with Gasteiger partial charge in [-0.05, 0) is 37.5 Å². The molecule has 1 aromatic carbocycles. The van der Waals surface area contributed by atoms with Crippen LogP contribution < -0.4 is 5.32 Å². The number of aromatic nitrogens is 2. The smallest absolute Gasteiger partial charge is 0.254 e. The number of amides is 1. The van der Waals surface area contributed by atoms with E-state index in [1.54, 1.807) is 6.20 Å². The number of nitrogens with one attached hydrogen (secondary N) is 1. The second kappa shape index (κ2) is 7.73. The van der Waals surface area contributed by atoms with E-state index in [0.29, 0.717) is 36.3 Å². The van der Waals surface area contributed by atoms with Crippen molar-refractivity contribution in [3.05, 3.63) is 58.1 Å². The molecular formula is C18H20ClN3O2. The highest BCUT2D eigenvalue weighted by Crippen LogP contribution is 2.37. The first kappa shape index (κ1) is 16.9. The topological polar surface area (TPSA) is 64.1 Å². The van der Waals surface area contributed by atoms with Gasteiger partial charge in [0.1, 0.15) is 5.82 Å². The van der Waals surface area contributed by atoms with E-state index in [-0.39, 0.29) is 5.91 Å². The molecule has 0 spiro atoms. The summed E-state index contributed by atoms with van der Waals surface area (Å²) in [6.07, 6.45) is 3.92. The molecule has 0 bridgehead atoms. The Bertz CT molecular complexity index is 715. The van der Waals surface area contributed by atoms with Crippen LogP contribution in [0.25, 0.3) is 0 Å². The summed E-state index contributed by atoms with van der Waals surface area (Å²) in [5, 5.41) is 3.54. The Hall–Kier alpha value is -1.98. The quantitative estimate of drug-likeness (QED) is 0.782. The Balaban J connectivity index is 1.41. The van der Waals surface area contributed by atoms with Crippen LogP contribution in [0.15, 0.2) is 30.5 Å². The van der Waals surface area contributed by atoms with E-state index < -0.39 is 0 Å². The molecule has 5 nitrogen and oxygen atoms in total. The van der Waals surface area contributed by atoms with Gasteiger partial charge in [0, 0.05) is 23.7 Å². The number of benzene rings is 1. The van der Waals surface area contributed by atoms with E-state index >= 15 is 0 Å². The van der Waals surface area contributed by atoms with Crippen molar-refractivity contribution in [3.8, 4) is 0 Å². The second-order valence-electron chi connectivity index (χ2n) is 5.94. The van der Waals surface area contributed by atoms with Crippen LogP contribution in [0, 0.1) is 6.92 Å². The van der Waals surface area contributed by atoms with Crippen molar-refractivity contribution < 1.29 is 9.53 Å². The number of ether oxygens (including phenoxy) is 1. The lowest BCUT2D eigenvalue weighted by Crippen LogP contribution is -2.28. The first-order valence-electron chi connectivity index (χ1n) is 8.07. The zero-order valence-corrected chi connectivity index (χ0v) is 14.3.